The molecule has 1 heterocycles. The lowest BCUT2D eigenvalue weighted by molar-refractivity contribution is -0.127. The number of aryl methyl sites for hydroxylation is 2. The lowest BCUT2D eigenvalue weighted by Gasteiger charge is -2.24. The number of ketones is 1. The molecule has 0 radical (unpaired) electrons. The van der Waals surface area contributed by atoms with Crippen LogP contribution in [-0.2, 0) is 9.59 Å². The van der Waals surface area contributed by atoms with Crippen LogP contribution in [-0.4, -0.2) is 23.4 Å². The molecule has 0 bridgehead atoms. The molecule has 138 valence electrons. The molecule has 0 saturated carbocycles. The zero-order valence-corrected chi connectivity index (χ0v) is 15.5. The van der Waals surface area contributed by atoms with Crippen molar-refractivity contribution in [2.45, 2.75) is 33.6 Å². The van der Waals surface area contributed by atoms with Gasteiger partial charge in [-0.3, -0.25) is 9.59 Å². The standard InChI is InChI=1S/C21H20N2O4/c1-13-4-5-14(2)19(12-13)23-20(25)11-10-18(22-23)21(26)27-17-8-6-16(7-9-17)15(3)24/h4-9,12H,10-11H2,1-3H3. The third-order valence-corrected chi connectivity index (χ3v) is 4.33. The van der Waals surface area contributed by atoms with Crippen molar-refractivity contribution in [3.63, 3.8) is 0 Å². The summed E-state index contributed by atoms with van der Waals surface area (Å²) in [7, 11) is 0. The van der Waals surface area contributed by atoms with E-state index >= 15 is 0 Å². The molecule has 1 amide bonds. The van der Waals surface area contributed by atoms with Crippen LogP contribution in [0.1, 0.15) is 41.3 Å². The van der Waals surface area contributed by atoms with Gasteiger partial charge in [0, 0.05) is 18.4 Å². The van der Waals surface area contributed by atoms with Crippen molar-refractivity contribution in [3.05, 3.63) is 59.2 Å². The number of anilines is 1. The number of hydrazone groups is 1. The maximum Gasteiger partial charge on any atom is 0.359 e. The van der Waals surface area contributed by atoms with Gasteiger partial charge in [0.05, 0.1) is 5.69 Å². The number of benzene rings is 2. The molecule has 6 nitrogen and oxygen atoms in total. The second-order valence-electron chi connectivity index (χ2n) is 6.51. The number of carbonyl (C=O) groups excluding carboxylic acids is 3. The van der Waals surface area contributed by atoms with E-state index in [0.717, 1.165) is 11.1 Å². The van der Waals surface area contributed by atoms with Gasteiger partial charge in [0.1, 0.15) is 11.5 Å². The van der Waals surface area contributed by atoms with Crippen molar-refractivity contribution in [1.82, 2.24) is 0 Å². The highest BCUT2D eigenvalue weighted by molar-refractivity contribution is 6.38. The number of esters is 1. The number of hydrogen-bond acceptors (Lipinski definition) is 5. The molecule has 6 heteroatoms. The van der Waals surface area contributed by atoms with Crippen molar-refractivity contribution in [3.8, 4) is 5.75 Å². The highest BCUT2D eigenvalue weighted by atomic mass is 16.5. The molecule has 0 fully saturated rings. The smallest absolute Gasteiger partial charge is 0.359 e. The fourth-order valence-electron chi connectivity index (χ4n) is 2.76. The predicted octanol–water partition coefficient (Wildman–Crippen LogP) is 3.59. The molecular weight excluding hydrogens is 344 g/mol. The Balaban J connectivity index is 1.82. The average molecular weight is 364 g/mol. The summed E-state index contributed by atoms with van der Waals surface area (Å²) in [6, 6.07) is 12.1. The van der Waals surface area contributed by atoms with Crippen molar-refractivity contribution in [2.24, 2.45) is 5.10 Å². The van der Waals surface area contributed by atoms with Crippen LogP contribution < -0.4 is 9.75 Å². The Hall–Kier alpha value is -3.28. The zero-order chi connectivity index (χ0) is 19.6. The van der Waals surface area contributed by atoms with Gasteiger partial charge in [-0.25, -0.2) is 4.79 Å². The van der Waals surface area contributed by atoms with E-state index in [-0.39, 0.29) is 30.2 Å². The lowest BCUT2D eigenvalue weighted by atomic mass is 10.1. The molecule has 0 unspecified atom stereocenters. The number of nitrogens with zero attached hydrogens (tertiary/aromatic N) is 2. The second-order valence-corrected chi connectivity index (χ2v) is 6.51. The van der Waals surface area contributed by atoms with Gasteiger partial charge in [-0.2, -0.15) is 10.1 Å². The van der Waals surface area contributed by atoms with Crippen LogP contribution in [0.25, 0.3) is 0 Å². The quantitative estimate of drug-likeness (QED) is 0.472. The molecule has 2 aromatic carbocycles. The van der Waals surface area contributed by atoms with E-state index in [2.05, 4.69) is 5.10 Å². The number of amides is 1. The topological polar surface area (TPSA) is 76.0 Å². The fourth-order valence-corrected chi connectivity index (χ4v) is 2.76. The monoisotopic (exact) mass is 364 g/mol. The molecule has 0 aromatic heterocycles. The molecule has 0 saturated heterocycles. The van der Waals surface area contributed by atoms with E-state index in [4.69, 9.17) is 4.74 Å². The summed E-state index contributed by atoms with van der Waals surface area (Å²) in [5.74, 6) is -0.505. The van der Waals surface area contributed by atoms with Crippen molar-refractivity contribution in [2.75, 3.05) is 5.01 Å². The maximum absolute atomic E-state index is 12.5. The first-order valence-corrected chi connectivity index (χ1v) is 8.66. The Labute approximate surface area is 157 Å². The Kier molecular flexibility index (Phi) is 5.16. The van der Waals surface area contributed by atoms with Gasteiger partial charge >= 0.3 is 5.97 Å². The van der Waals surface area contributed by atoms with Crippen LogP contribution in [0.4, 0.5) is 5.69 Å². The number of rotatable bonds is 4. The minimum atomic E-state index is -0.603. The van der Waals surface area contributed by atoms with Crippen LogP contribution >= 0.6 is 0 Å². The van der Waals surface area contributed by atoms with E-state index in [1.807, 2.05) is 32.0 Å². The maximum atomic E-state index is 12.5. The van der Waals surface area contributed by atoms with Crippen LogP contribution in [0.2, 0.25) is 0 Å². The van der Waals surface area contributed by atoms with E-state index in [1.165, 1.54) is 11.9 Å². The van der Waals surface area contributed by atoms with E-state index < -0.39 is 5.97 Å². The van der Waals surface area contributed by atoms with Gasteiger partial charge in [-0.1, -0.05) is 12.1 Å². The molecular formula is C21H20N2O4. The van der Waals surface area contributed by atoms with Gasteiger partial charge in [0.15, 0.2) is 5.78 Å². The molecule has 2 aromatic rings. The summed E-state index contributed by atoms with van der Waals surface area (Å²) < 4.78 is 5.34. The second kappa shape index (κ2) is 7.53. The minimum Gasteiger partial charge on any atom is -0.422 e. The van der Waals surface area contributed by atoms with Gasteiger partial charge in [0.25, 0.3) is 0 Å². The SMILES string of the molecule is CC(=O)c1ccc(OC(=O)C2=NN(c3cc(C)ccc3C)C(=O)CC2)cc1. The molecule has 0 spiro atoms. The number of Topliss-reactive ketones (excluding diaryl/α,β-unsaturated/α-hetero) is 1. The summed E-state index contributed by atoms with van der Waals surface area (Å²) in [6.45, 7) is 5.29. The third kappa shape index (κ3) is 4.11. The molecule has 0 aliphatic carbocycles. The van der Waals surface area contributed by atoms with Crippen LogP contribution in [0.5, 0.6) is 5.75 Å². The summed E-state index contributed by atoms with van der Waals surface area (Å²) in [4.78, 5) is 36.1. The van der Waals surface area contributed by atoms with E-state index in [0.29, 0.717) is 17.0 Å². The fraction of sp³-hybridized carbons (Fsp3) is 0.238. The summed E-state index contributed by atoms with van der Waals surface area (Å²) in [5.41, 5.74) is 3.28. The molecule has 1 aliphatic rings. The largest absolute Gasteiger partial charge is 0.422 e. The Morgan fingerprint density at radius 1 is 1.04 bits per heavy atom. The zero-order valence-electron chi connectivity index (χ0n) is 15.5. The molecule has 1 aliphatic heterocycles. The first kappa shape index (κ1) is 18.5. The number of carbonyl (C=O) groups is 3. The Morgan fingerprint density at radius 3 is 2.41 bits per heavy atom. The minimum absolute atomic E-state index is 0.0628. The summed E-state index contributed by atoms with van der Waals surface area (Å²) >= 11 is 0. The highest BCUT2D eigenvalue weighted by Gasteiger charge is 2.27. The first-order valence-electron chi connectivity index (χ1n) is 8.66. The van der Waals surface area contributed by atoms with Gasteiger partial charge in [-0.05, 0) is 62.2 Å². The van der Waals surface area contributed by atoms with E-state index in [1.54, 1.807) is 24.3 Å². The van der Waals surface area contributed by atoms with Crippen LogP contribution in [0.3, 0.4) is 0 Å². The highest BCUT2D eigenvalue weighted by Crippen LogP contribution is 2.26. The normalized spacial score (nSPS) is 14.0. The molecule has 27 heavy (non-hydrogen) atoms. The van der Waals surface area contributed by atoms with Crippen molar-refractivity contribution in [1.29, 1.82) is 0 Å². The lowest BCUT2D eigenvalue weighted by Crippen LogP contribution is -2.36. The average Bonchev–Trinajstić information content (AvgIpc) is 2.64. The Bertz CT molecular complexity index is 945. The number of ether oxygens (including phenoxy) is 1. The molecule has 0 atom stereocenters. The molecule has 0 N–H and O–H groups in total. The van der Waals surface area contributed by atoms with Crippen LogP contribution in [0.15, 0.2) is 47.6 Å². The van der Waals surface area contributed by atoms with Crippen molar-refractivity contribution < 1.29 is 19.1 Å². The van der Waals surface area contributed by atoms with Gasteiger partial charge < -0.3 is 4.74 Å². The Morgan fingerprint density at radius 2 is 1.74 bits per heavy atom. The predicted molar refractivity (Wildman–Crippen MR) is 102 cm³/mol. The summed E-state index contributed by atoms with van der Waals surface area (Å²) in [5, 5.41) is 5.53. The summed E-state index contributed by atoms with van der Waals surface area (Å²) in [6.07, 6.45) is 0.412. The molecule has 3 rings (SSSR count). The number of hydrogen-bond donors (Lipinski definition) is 0. The third-order valence-electron chi connectivity index (χ3n) is 4.33. The first-order chi connectivity index (χ1) is 12.8. The van der Waals surface area contributed by atoms with Crippen molar-refractivity contribution >= 4 is 29.1 Å². The van der Waals surface area contributed by atoms with Gasteiger partial charge in [-0.15, -0.1) is 0 Å². The van der Waals surface area contributed by atoms with Crippen LogP contribution in [0, 0.1) is 13.8 Å². The van der Waals surface area contributed by atoms with Gasteiger partial charge in [0.2, 0.25) is 5.91 Å². The van der Waals surface area contributed by atoms with E-state index in [9.17, 15) is 14.4 Å².